The number of benzene rings is 1. The number of nitro benzene ring substituents is 1. The van der Waals surface area contributed by atoms with Crippen molar-refractivity contribution in [3.8, 4) is 0 Å². The summed E-state index contributed by atoms with van der Waals surface area (Å²) in [5.74, 6) is -0.0528. The number of nitro groups is 1. The Kier molecular flexibility index (Phi) is 5.18. The van der Waals surface area contributed by atoms with Crippen LogP contribution in [0.1, 0.15) is 44.0 Å². The fraction of sp³-hybridized carbons (Fsp3) is 0.500. The average molecular weight is 264 g/mol. The molecule has 5 nitrogen and oxygen atoms in total. The van der Waals surface area contributed by atoms with Crippen molar-refractivity contribution < 1.29 is 9.72 Å². The van der Waals surface area contributed by atoms with Gasteiger partial charge in [-0.25, -0.2) is 0 Å². The lowest BCUT2D eigenvalue weighted by atomic mass is 9.95. The van der Waals surface area contributed by atoms with Crippen LogP contribution in [0.25, 0.3) is 0 Å². The van der Waals surface area contributed by atoms with Gasteiger partial charge in [-0.2, -0.15) is 0 Å². The molecule has 0 bridgehead atoms. The van der Waals surface area contributed by atoms with Gasteiger partial charge in [0.05, 0.1) is 11.5 Å². The van der Waals surface area contributed by atoms with Gasteiger partial charge in [-0.15, -0.1) is 0 Å². The van der Waals surface area contributed by atoms with Gasteiger partial charge in [0.1, 0.15) is 0 Å². The molecule has 1 aromatic carbocycles. The molecule has 1 rings (SSSR count). The topological polar surface area (TPSA) is 72.2 Å². The van der Waals surface area contributed by atoms with Crippen LogP contribution in [0, 0.1) is 10.1 Å². The Morgan fingerprint density at radius 1 is 1.26 bits per heavy atom. The van der Waals surface area contributed by atoms with E-state index < -0.39 is 4.92 Å². The maximum absolute atomic E-state index is 12.0. The average Bonchev–Trinajstić information content (AvgIpc) is 2.44. The first-order valence-corrected chi connectivity index (χ1v) is 6.44. The van der Waals surface area contributed by atoms with E-state index in [1.807, 2.05) is 0 Å². The van der Waals surface area contributed by atoms with E-state index in [0.29, 0.717) is 5.56 Å². The molecule has 19 heavy (non-hydrogen) atoms. The van der Waals surface area contributed by atoms with Gasteiger partial charge in [-0.1, -0.05) is 13.8 Å². The molecule has 0 unspecified atom stereocenters. The molecule has 0 aliphatic heterocycles. The number of hydrogen-bond acceptors (Lipinski definition) is 4. The van der Waals surface area contributed by atoms with Crippen LogP contribution in [-0.2, 0) is 0 Å². The van der Waals surface area contributed by atoms with Crippen LogP contribution in [0.15, 0.2) is 24.3 Å². The van der Waals surface area contributed by atoms with Crippen LogP contribution in [0.5, 0.6) is 0 Å². The van der Waals surface area contributed by atoms with Gasteiger partial charge in [-0.05, 0) is 31.9 Å². The summed E-state index contributed by atoms with van der Waals surface area (Å²) in [4.78, 5) is 22.0. The van der Waals surface area contributed by atoms with Gasteiger partial charge < -0.3 is 5.32 Å². The zero-order valence-electron chi connectivity index (χ0n) is 11.6. The van der Waals surface area contributed by atoms with E-state index in [2.05, 4.69) is 26.1 Å². The number of hydrogen-bond donors (Lipinski definition) is 1. The molecule has 1 N–H and O–H groups in total. The molecule has 0 spiro atoms. The normalized spacial score (nSPS) is 11.3. The molecule has 0 saturated carbocycles. The van der Waals surface area contributed by atoms with Crippen LogP contribution >= 0.6 is 0 Å². The number of ketones is 1. The highest BCUT2D eigenvalue weighted by Crippen LogP contribution is 2.15. The SMILES string of the molecule is CCC(C)(CC)NCC(=O)c1ccc([N+](=O)[O-])cc1. The van der Waals surface area contributed by atoms with Gasteiger partial charge in [0, 0.05) is 23.2 Å². The van der Waals surface area contributed by atoms with Crippen LogP contribution in [-0.4, -0.2) is 22.8 Å². The predicted molar refractivity (Wildman–Crippen MR) is 74.4 cm³/mol. The number of carbonyl (C=O) groups is 1. The van der Waals surface area contributed by atoms with E-state index in [1.165, 1.54) is 24.3 Å². The Morgan fingerprint density at radius 2 is 1.79 bits per heavy atom. The Balaban J connectivity index is 2.66. The van der Waals surface area contributed by atoms with Crippen molar-refractivity contribution in [3.05, 3.63) is 39.9 Å². The summed E-state index contributed by atoms with van der Waals surface area (Å²) in [5.41, 5.74) is 0.445. The van der Waals surface area contributed by atoms with E-state index in [0.717, 1.165) is 12.8 Å². The molecular weight excluding hydrogens is 244 g/mol. The largest absolute Gasteiger partial charge is 0.304 e. The molecule has 0 aromatic heterocycles. The van der Waals surface area contributed by atoms with E-state index in [4.69, 9.17) is 0 Å². The Labute approximate surface area is 113 Å². The zero-order chi connectivity index (χ0) is 14.5. The summed E-state index contributed by atoms with van der Waals surface area (Å²) in [7, 11) is 0. The minimum absolute atomic E-state index is 0.00327. The second-order valence-electron chi connectivity index (χ2n) is 4.85. The third-order valence-electron chi connectivity index (χ3n) is 3.64. The van der Waals surface area contributed by atoms with Crippen molar-refractivity contribution in [2.45, 2.75) is 39.2 Å². The highest BCUT2D eigenvalue weighted by atomic mass is 16.6. The molecule has 0 radical (unpaired) electrons. The first kappa shape index (κ1) is 15.3. The minimum atomic E-state index is -0.474. The Bertz CT molecular complexity index is 450. The van der Waals surface area contributed by atoms with Crippen LogP contribution in [0.2, 0.25) is 0 Å². The van der Waals surface area contributed by atoms with Gasteiger partial charge in [0.15, 0.2) is 5.78 Å². The second-order valence-corrected chi connectivity index (χ2v) is 4.85. The maximum atomic E-state index is 12.0. The highest BCUT2D eigenvalue weighted by Gasteiger charge is 2.20. The predicted octanol–water partition coefficient (Wildman–Crippen LogP) is 2.95. The van der Waals surface area contributed by atoms with Crippen molar-refractivity contribution in [1.82, 2.24) is 5.32 Å². The summed E-state index contributed by atoms with van der Waals surface area (Å²) >= 11 is 0. The van der Waals surface area contributed by atoms with Crippen molar-refractivity contribution in [2.75, 3.05) is 6.54 Å². The second kappa shape index (κ2) is 6.43. The van der Waals surface area contributed by atoms with E-state index >= 15 is 0 Å². The molecule has 104 valence electrons. The molecule has 0 heterocycles. The first-order chi connectivity index (χ1) is 8.91. The third-order valence-corrected chi connectivity index (χ3v) is 3.64. The molecule has 0 atom stereocenters. The first-order valence-electron chi connectivity index (χ1n) is 6.44. The molecule has 0 fully saturated rings. The van der Waals surface area contributed by atoms with E-state index in [1.54, 1.807) is 0 Å². The maximum Gasteiger partial charge on any atom is 0.269 e. The molecule has 0 aliphatic carbocycles. The standard InChI is InChI=1S/C14H20N2O3/c1-4-14(3,5-2)15-10-13(17)11-6-8-12(9-7-11)16(18)19/h6-9,15H,4-5,10H2,1-3H3. The lowest BCUT2D eigenvalue weighted by Gasteiger charge is -2.28. The minimum Gasteiger partial charge on any atom is -0.304 e. The van der Waals surface area contributed by atoms with Gasteiger partial charge >= 0.3 is 0 Å². The van der Waals surface area contributed by atoms with Gasteiger partial charge in [0.25, 0.3) is 5.69 Å². The number of Topliss-reactive ketones (excluding diaryl/α,β-unsaturated/α-hetero) is 1. The lowest BCUT2D eigenvalue weighted by Crippen LogP contribution is -2.43. The van der Waals surface area contributed by atoms with Gasteiger partial charge in [-0.3, -0.25) is 14.9 Å². The van der Waals surface area contributed by atoms with Crippen molar-refractivity contribution in [1.29, 1.82) is 0 Å². The molecule has 0 amide bonds. The molecule has 0 aliphatic rings. The number of non-ortho nitro benzene ring substituents is 1. The van der Waals surface area contributed by atoms with Crippen LogP contribution in [0.4, 0.5) is 5.69 Å². The van der Waals surface area contributed by atoms with Crippen LogP contribution < -0.4 is 5.32 Å². The molecular formula is C14H20N2O3. The summed E-state index contributed by atoms with van der Waals surface area (Å²) in [5, 5.41) is 13.8. The molecule has 0 saturated heterocycles. The zero-order valence-corrected chi connectivity index (χ0v) is 11.6. The number of nitrogens with one attached hydrogen (secondary N) is 1. The van der Waals surface area contributed by atoms with E-state index in [9.17, 15) is 14.9 Å². The summed E-state index contributed by atoms with van der Waals surface area (Å²) in [6.45, 7) is 6.48. The summed E-state index contributed by atoms with van der Waals surface area (Å²) < 4.78 is 0. The quantitative estimate of drug-likeness (QED) is 0.467. The van der Waals surface area contributed by atoms with Crippen molar-refractivity contribution in [3.63, 3.8) is 0 Å². The van der Waals surface area contributed by atoms with Gasteiger partial charge in [0.2, 0.25) is 0 Å². The third kappa shape index (κ3) is 4.13. The Morgan fingerprint density at radius 3 is 2.21 bits per heavy atom. The lowest BCUT2D eigenvalue weighted by molar-refractivity contribution is -0.384. The number of nitrogens with zero attached hydrogens (tertiary/aromatic N) is 1. The number of rotatable bonds is 7. The Hall–Kier alpha value is -1.75. The monoisotopic (exact) mass is 264 g/mol. The molecule has 5 heteroatoms. The summed E-state index contributed by atoms with van der Waals surface area (Å²) in [6.07, 6.45) is 1.88. The highest BCUT2D eigenvalue weighted by molar-refractivity contribution is 5.97. The molecule has 1 aromatic rings. The number of carbonyl (C=O) groups excluding carboxylic acids is 1. The smallest absolute Gasteiger partial charge is 0.269 e. The fourth-order valence-electron chi connectivity index (χ4n) is 1.66. The summed E-state index contributed by atoms with van der Waals surface area (Å²) in [6, 6.07) is 5.70. The fourth-order valence-corrected chi connectivity index (χ4v) is 1.66. The van der Waals surface area contributed by atoms with Crippen molar-refractivity contribution in [2.24, 2.45) is 0 Å². The van der Waals surface area contributed by atoms with E-state index in [-0.39, 0.29) is 23.6 Å². The van der Waals surface area contributed by atoms with Crippen LogP contribution in [0.3, 0.4) is 0 Å². The van der Waals surface area contributed by atoms with Crippen molar-refractivity contribution >= 4 is 11.5 Å².